The van der Waals surface area contributed by atoms with Crippen molar-refractivity contribution < 1.29 is 9.47 Å². The summed E-state index contributed by atoms with van der Waals surface area (Å²) >= 11 is 0. The molecule has 0 radical (unpaired) electrons. The summed E-state index contributed by atoms with van der Waals surface area (Å²) in [5.41, 5.74) is 0. The van der Waals surface area contributed by atoms with Crippen LogP contribution >= 0.6 is 0 Å². The molecule has 4 atom stereocenters. The van der Waals surface area contributed by atoms with Crippen LogP contribution in [-0.2, 0) is 9.47 Å². The standard InChI is InChI=1S/C13H24N2O2/c1-14-13-4-5-16-9-10(13)6-15-7-11-2-3-12(8-15)17-11/h10-14H,2-9H2,1H3. The Morgan fingerprint density at radius 3 is 2.65 bits per heavy atom. The zero-order chi connectivity index (χ0) is 11.7. The first-order valence-corrected chi connectivity index (χ1v) is 6.98. The minimum absolute atomic E-state index is 0.506. The van der Waals surface area contributed by atoms with Crippen LogP contribution in [0, 0.1) is 5.92 Å². The summed E-state index contributed by atoms with van der Waals surface area (Å²) < 4.78 is 11.5. The molecule has 1 N–H and O–H groups in total. The van der Waals surface area contributed by atoms with Gasteiger partial charge in [0.1, 0.15) is 0 Å². The number of nitrogens with one attached hydrogen (secondary N) is 1. The van der Waals surface area contributed by atoms with E-state index in [1.807, 2.05) is 0 Å². The molecular formula is C13H24N2O2. The summed E-state index contributed by atoms with van der Waals surface area (Å²) in [6, 6.07) is 0.629. The predicted molar refractivity (Wildman–Crippen MR) is 66.1 cm³/mol. The fourth-order valence-electron chi connectivity index (χ4n) is 3.54. The molecule has 17 heavy (non-hydrogen) atoms. The molecule has 3 heterocycles. The lowest BCUT2D eigenvalue weighted by Crippen LogP contribution is -2.50. The van der Waals surface area contributed by atoms with Gasteiger partial charge in [0.05, 0.1) is 18.8 Å². The molecule has 3 saturated heterocycles. The van der Waals surface area contributed by atoms with Gasteiger partial charge in [0, 0.05) is 38.2 Å². The van der Waals surface area contributed by atoms with Gasteiger partial charge in [0.2, 0.25) is 0 Å². The summed E-state index contributed by atoms with van der Waals surface area (Å²) in [6.07, 6.45) is 4.69. The van der Waals surface area contributed by atoms with Crippen molar-refractivity contribution in [3.8, 4) is 0 Å². The first kappa shape index (κ1) is 11.9. The Balaban J connectivity index is 1.55. The SMILES string of the molecule is CNC1CCOCC1CN1CC2CCC(C1)O2. The molecule has 0 aromatic heterocycles. The van der Waals surface area contributed by atoms with Crippen LogP contribution in [0.2, 0.25) is 0 Å². The van der Waals surface area contributed by atoms with Gasteiger partial charge in [-0.15, -0.1) is 0 Å². The van der Waals surface area contributed by atoms with Crippen molar-refractivity contribution >= 4 is 0 Å². The molecule has 0 spiro atoms. The molecule has 0 aromatic carbocycles. The van der Waals surface area contributed by atoms with Gasteiger partial charge < -0.3 is 14.8 Å². The van der Waals surface area contributed by atoms with Gasteiger partial charge in [-0.25, -0.2) is 0 Å². The largest absolute Gasteiger partial charge is 0.381 e. The Morgan fingerprint density at radius 2 is 1.94 bits per heavy atom. The van der Waals surface area contributed by atoms with Crippen LogP contribution in [0.3, 0.4) is 0 Å². The molecule has 3 rings (SSSR count). The van der Waals surface area contributed by atoms with Crippen LogP contribution in [0.25, 0.3) is 0 Å². The fraction of sp³-hybridized carbons (Fsp3) is 1.00. The fourth-order valence-corrected chi connectivity index (χ4v) is 3.54. The normalized spacial score (nSPS) is 42.9. The molecule has 98 valence electrons. The van der Waals surface area contributed by atoms with Gasteiger partial charge in [-0.3, -0.25) is 4.90 Å². The van der Waals surface area contributed by atoms with E-state index in [4.69, 9.17) is 9.47 Å². The monoisotopic (exact) mass is 240 g/mol. The Kier molecular flexibility index (Phi) is 3.66. The van der Waals surface area contributed by atoms with Crippen molar-refractivity contribution in [2.75, 3.05) is 39.9 Å². The molecule has 3 aliphatic rings. The molecule has 0 aliphatic carbocycles. The topological polar surface area (TPSA) is 33.7 Å². The maximum atomic E-state index is 5.88. The van der Waals surface area contributed by atoms with E-state index in [0.717, 1.165) is 32.7 Å². The zero-order valence-electron chi connectivity index (χ0n) is 10.7. The van der Waals surface area contributed by atoms with Crippen molar-refractivity contribution in [3.63, 3.8) is 0 Å². The Morgan fingerprint density at radius 1 is 1.18 bits per heavy atom. The van der Waals surface area contributed by atoms with Crippen molar-refractivity contribution in [1.29, 1.82) is 0 Å². The smallest absolute Gasteiger partial charge is 0.0707 e. The molecule has 3 aliphatic heterocycles. The number of rotatable bonds is 3. The lowest BCUT2D eigenvalue weighted by Gasteiger charge is -2.38. The third kappa shape index (κ3) is 2.65. The summed E-state index contributed by atoms with van der Waals surface area (Å²) in [6.45, 7) is 5.25. The third-order valence-corrected chi connectivity index (χ3v) is 4.46. The molecule has 3 fully saturated rings. The summed E-state index contributed by atoms with van der Waals surface area (Å²) in [5.74, 6) is 0.645. The minimum atomic E-state index is 0.506. The minimum Gasteiger partial charge on any atom is -0.381 e. The number of likely N-dealkylation sites (tertiary alicyclic amines) is 1. The highest BCUT2D eigenvalue weighted by atomic mass is 16.5. The maximum Gasteiger partial charge on any atom is 0.0707 e. The first-order valence-electron chi connectivity index (χ1n) is 6.98. The van der Waals surface area contributed by atoms with E-state index in [-0.39, 0.29) is 0 Å². The molecule has 0 saturated carbocycles. The highest BCUT2D eigenvalue weighted by Gasteiger charge is 2.35. The number of morpholine rings is 1. The summed E-state index contributed by atoms with van der Waals surface area (Å²) in [4.78, 5) is 2.59. The molecule has 4 nitrogen and oxygen atoms in total. The molecule has 4 heteroatoms. The van der Waals surface area contributed by atoms with Gasteiger partial charge in [-0.2, -0.15) is 0 Å². The number of nitrogens with zero attached hydrogens (tertiary/aromatic N) is 1. The van der Waals surface area contributed by atoms with E-state index in [2.05, 4.69) is 17.3 Å². The van der Waals surface area contributed by atoms with Crippen molar-refractivity contribution in [3.05, 3.63) is 0 Å². The molecule has 2 bridgehead atoms. The van der Waals surface area contributed by atoms with Crippen LogP contribution in [-0.4, -0.2) is 63.0 Å². The van der Waals surface area contributed by atoms with E-state index >= 15 is 0 Å². The maximum absolute atomic E-state index is 5.88. The van der Waals surface area contributed by atoms with Gasteiger partial charge in [-0.1, -0.05) is 0 Å². The lowest BCUT2D eigenvalue weighted by atomic mass is 9.95. The van der Waals surface area contributed by atoms with E-state index < -0.39 is 0 Å². The second-order valence-corrected chi connectivity index (χ2v) is 5.69. The Bertz CT molecular complexity index is 250. The number of ether oxygens (including phenoxy) is 2. The van der Waals surface area contributed by atoms with Crippen molar-refractivity contribution in [2.45, 2.75) is 37.5 Å². The lowest BCUT2D eigenvalue weighted by molar-refractivity contribution is -0.0552. The number of hydrogen-bond donors (Lipinski definition) is 1. The second kappa shape index (κ2) is 5.22. The van der Waals surface area contributed by atoms with Crippen LogP contribution in [0.15, 0.2) is 0 Å². The van der Waals surface area contributed by atoms with Crippen molar-refractivity contribution in [1.82, 2.24) is 10.2 Å². The summed E-state index contributed by atoms with van der Waals surface area (Å²) in [7, 11) is 2.08. The van der Waals surface area contributed by atoms with Crippen LogP contribution < -0.4 is 5.32 Å². The van der Waals surface area contributed by atoms with Gasteiger partial charge >= 0.3 is 0 Å². The molecule has 0 aromatic rings. The number of fused-ring (bicyclic) bond motifs is 2. The van der Waals surface area contributed by atoms with Crippen LogP contribution in [0.5, 0.6) is 0 Å². The predicted octanol–water partition coefficient (Wildman–Crippen LogP) is 0.474. The van der Waals surface area contributed by atoms with Gasteiger partial charge in [0.25, 0.3) is 0 Å². The molecule has 0 amide bonds. The average molecular weight is 240 g/mol. The van der Waals surface area contributed by atoms with Crippen LogP contribution in [0.1, 0.15) is 19.3 Å². The summed E-state index contributed by atoms with van der Waals surface area (Å²) in [5, 5.41) is 3.44. The third-order valence-electron chi connectivity index (χ3n) is 4.46. The quantitative estimate of drug-likeness (QED) is 0.778. The van der Waals surface area contributed by atoms with E-state index in [0.29, 0.717) is 24.2 Å². The molecular weight excluding hydrogens is 216 g/mol. The molecule has 4 unspecified atom stereocenters. The van der Waals surface area contributed by atoms with E-state index in [1.165, 1.54) is 19.4 Å². The first-order chi connectivity index (χ1) is 8.35. The Labute approximate surface area is 104 Å². The average Bonchev–Trinajstić information content (AvgIpc) is 2.69. The zero-order valence-corrected chi connectivity index (χ0v) is 10.7. The van der Waals surface area contributed by atoms with E-state index in [9.17, 15) is 0 Å². The van der Waals surface area contributed by atoms with E-state index in [1.54, 1.807) is 0 Å². The highest BCUT2D eigenvalue weighted by Crippen LogP contribution is 2.27. The van der Waals surface area contributed by atoms with Gasteiger partial charge in [0.15, 0.2) is 0 Å². The Hall–Kier alpha value is -0.160. The second-order valence-electron chi connectivity index (χ2n) is 5.69. The highest BCUT2D eigenvalue weighted by molar-refractivity contribution is 4.88. The van der Waals surface area contributed by atoms with Crippen molar-refractivity contribution in [2.24, 2.45) is 5.92 Å². The van der Waals surface area contributed by atoms with Gasteiger partial charge in [-0.05, 0) is 26.3 Å². The number of hydrogen-bond acceptors (Lipinski definition) is 4. The van der Waals surface area contributed by atoms with Crippen LogP contribution in [0.4, 0.5) is 0 Å².